The summed E-state index contributed by atoms with van der Waals surface area (Å²) in [5.74, 6) is 0.0185. The standard InChI is InChI=1S/C4H6O.C3H4O.C3H6.O2/c1-3-4(2)5;1-2-3-4;1-3-2;1-2/h3H,1H2,2H3;2-3H,1H2;3H,1H2,2H3;/p+1. The summed E-state index contributed by atoms with van der Waals surface area (Å²) >= 11 is 0. The van der Waals surface area contributed by atoms with Crippen LogP contribution in [0.15, 0.2) is 38.0 Å². The van der Waals surface area contributed by atoms with Crippen molar-refractivity contribution >= 4 is 12.1 Å². The molecule has 0 radical (unpaired) electrons. The molecule has 0 amide bonds. The summed E-state index contributed by atoms with van der Waals surface area (Å²) in [6.45, 7) is 13.0. The van der Waals surface area contributed by atoms with E-state index in [1.54, 1.807) is 6.08 Å². The number of carbonyl (C=O) groups is 2. The molecular formula is C10H17O4+. The van der Waals surface area contributed by atoms with E-state index >= 15 is 0 Å². The zero-order chi connectivity index (χ0) is 12.4. The Hall–Kier alpha value is -1.84. The minimum atomic E-state index is 0.0185. The van der Waals surface area contributed by atoms with E-state index in [1.807, 2.05) is 6.92 Å². The molecule has 0 atom stereocenters. The number of carbonyl (C=O) groups excluding carboxylic acids is 2. The van der Waals surface area contributed by atoms with E-state index in [9.17, 15) is 4.79 Å². The molecule has 0 rings (SSSR count). The summed E-state index contributed by atoms with van der Waals surface area (Å²) in [5, 5.41) is 0. The second-order valence-electron chi connectivity index (χ2n) is 1.59. The Labute approximate surface area is 84.2 Å². The number of ketones is 1. The number of allylic oxidation sites excluding steroid dienone is 3. The molecule has 4 heteroatoms. The third kappa shape index (κ3) is 634. The largest absolute Gasteiger partial charge is 0.299 e. The highest BCUT2D eigenvalue weighted by Gasteiger charge is 1.69. The Morgan fingerprint density at radius 1 is 1.21 bits per heavy atom. The monoisotopic (exact) mass is 201 g/mol. The quantitative estimate of drug-likeness (QED) is 0.297. The van der Waals surface area contributed by atoms with Crippen LogP contribution in [0.3, 0.4) is 0 Å². The molecule has 0 aromatic carbocycles. The molecule has 0 saturated heterocycles. The van der Waals surface area contributed by atoms with Crippen LogP contribution in [-0.4, -0.2) is 17.0 Å². The molecule has 0 heterocycles. The minimum absolute atomic E-state index is 0.0185. The molecule has 0 spiro atoms. The molecule has 0 bridgehead atoms. The molecule has 4 nitrogen and oxygen atoms in total. The van der Waals surface area contributed by atoms with Gasteiger partial charge in [-0.1, -0.05) is 19.2 Å². The molecule has 14 heavy (non-hydrogen) atoms. The number of rotatable bonds is 2. The lowest BCUT2D eigenvalue weighted by Crippen LogP contribution is -1.74. The molecule has 0 aromatic heterocycles. The first kappa shape index (κ1) is 22.7. The molecular weight excluding hydrogens is 184 g/mol. The Balaban J connectivity index is -0.0000000505. The number of hydrogen-bond acceptors (Lipinski definition) is 3. The first-order valence-electron chi connectivity index (χ1n) is 3.55. The summed E-state index contributed by atoms with van der Waals surface area (Å²) in [6.07, 6.45) is 4.86. The van der Waals surface area contributed by atoms with Gasteiger partial charge in [0.25, 0.3) is 0 Å². The number of hydrogen-bond donors (Lipinski definition) is 0. The average Bonchev–Trinajstić information content (AvgIpc) is 2.22. The lowest BCUT2D eigenvalue weighted by atomic mass is 10.5. The average molecular weight is 201 g/mol. The van der Waals surface area contributed by atoms with Crippen molar-refractivity contribution in [1.82, 2.24) is 0 Å². The van der Waals surface area contributed by atoms with Crippen LogP contribution in [0.4, 0.5) is 0 Å². The van der Waals surface area contributed by atoms with Crippen molar-refractivity contribution in [2.45, 2.75) is 13.8 Å². The maximum atomic E-state index is 9.69. The smallest absolute Gasteiger partial charge is 0.202 e. The Bertz CT molecular complexity index is 156. The maximum Gasteiger partial charge on any atom is 0.202 e. The third-order valence-corrected chi connectivity index (χ3v) is 0.384. The molecule has 0 aliphatic rings. The highest BCUT2D eigenvalue weighted by molar-refractivity contribution is 5.86. The normalized spacial score (nSPS) is 5.00. The molecule has 0 unspecified atom stereocenters. The summed E-state index contributed by atoms with van der Waals surface area (Å²) in [7, 11) is 0. The lowest BCUT2D eigenvalue weighted by molar-refractivity contribution is -0.112. The van der Waals surface area contributed by atoms with Crippen LogP contribution >= 0.6 is 0 Å². The van der Waals surface area contributed by atoms with Crippen molar-refractivity contribution in [2.75, 3.05) is 0 Å². The zero-order valence-corrected chi connectivity index (χ0v) is 8.60. The van der Waals surface area contributed by atoms with E-state index in [-0.39, 0.29) is 5.78 Å². The fourth-order valence-corrected chi connectivity index (χ4v) is 0. The Kier molecular flexibility index (Phi) is 70.3. The van der Waals surface area contributed by atoms with Crippen molar-refractivity contribution in [2.24, 2.45) is 0 Å². The Morgan fingerprint density at radius 3 is 1.36 bits per heavy atom. The van der Waals surface area contributed by atoms with Gasteiger partial charge >= 0.3 is 0 Å². The highest BCUT2D eigenvalue weighted by atomic mass is 16.7. The minimum Gasteiger partial charge on any atom is -0.299 e. The van der Waals surface area contributed by atoms with Gasteiger partial charge in [-0.05, 0) is 26.0 Å². The second-order valence-corrected chi connectivity index (χ2v) is 1.59. The zero-order valence-electron chi connectivity index (χ0n) is 8.60. The first-order chi connectivity index (χ1) is 6.60. The van der Waals surface area contributed by atoms with Gasteiger partial charge < -0.3 is 0 Å². The Morgan fingerprint density at radius 2 is 1.36 bits per heavy atom. The van der Waals surface area contributed by atoms with Crippen LogP contribution in [0.2, 0.25) is 0 Å². The van der Waals surface area contributed by atoms with Gasteiger partial charge in [0.2, 0.25) is 4.96 Å². The number of aldehydes is 1. The predicted octanol–water partition coefficient (Wildman–Crippen LogP) is 2.18. The molecule has 0 aliphatic heterocycles. The lowest BCUT2D eigenvalue weighted by Gasteiger charge is -1.62. The van der Waals surface area contributed by atoms with Crippen molar-refractivity contribution in [3.05, 3.63) is 42.9 Å². The summed E-state index contributed by atoms with van der Waals surface area (Å²) in [4.78, 5) is 31.8. The van der Waals surface area contributed by atoms with E-state index in [4.69, 9.17) is 14.7 Å². The first-order valence-corrected chi connectivity index (χ1v) is 3.55. The van der Waals surface area contributed by atoms with Crippen molar-refractivity contribution < 1.29 is 14.6 Å². The van der Waals surface area contributed by atoms with Crippen molar-refractivity contribution in [1.29, 1.82) is 0 Å². The van der Waals surface area contributed by atoms with Gasteiger partial charge in [0.15, 0.2) is 5.78 Å². The van der Waals surface area contributed by atoms with Gasteiger partial charge in [-0.3, -0.25) is 9.59 Å². The van der Waals surface area contributed by atoms with Gasteiger partial charge in [0.05, 0.1) is 0 Å². The van der Waals surface area contributed by atoms with E-state index < -0.39 is 0 Å². The van der Waals surface area contributed by atoms with E-state index in [0.29, 0.717) is 6.29 Å². The SMILES string of the molecule is C=CC.C=CC(C)=O.C=CC=O.O=[OH+]. The van der Waals surface area contributed by atoms with E-state index in [1.165, 1.54) is 19.1 Å². The summed E-state index contributed by atoms with van der Waals surface area (Å²) in [6, 6.07) is 0. The molecule has 0 aliphatic carbocycles. The van der Waals surface area contributed by atoms with Gasteiger partial charge in [-0.25, -0.2) is 0 Å². The van der Waals surface area contributed by atoms with Gasteiger partial charge in [0, 0.05) is 4.96 Å². The van der Waals surface area contributed by atoms with Crippen LogP contribution in [0.1, 0.15) is 13.8 Å². The predicted molar refractivity (Wildman–Crippen MR) is 58.3 cm³/mol. The third-order valence-electron chi connectivity index (χ3n) is 0.384. The van der Waals surface area contributed by atoms with Gasteiger partial charge in [-0.2, -0.15) is 0 Å². The van der Waals surface area contributed by atoms with Crippen LogP contribution < -0.4 is 0 Å². The second kappa shape index (κ2) is 43.3. The highest BCUT2D eigenvalue weighted by Crippen LogP contribution is 1.60. The van der Waals surface area contributed by atoms with E-state index in [0.717, 1.165) is 0 Å². The van der Waals surface area contributed by atoms with Crippen molar-refractivity contribution in [3.8, 4) is 0 Å². The van der Waals surface area contributed by atoms with Crippen LogP contribution in [0, 0.1) is 4.96 Å². The van der Waals surface area contributed by atoms with E-state index in [2.05, 4.69) is 19.7 Å². The fraction of sp³-hybridized carbons (Fsp3) is 0.200. The van der Waals surface area contributed by atoms with Crippen molar-refractivity contribution in [3.63, 3.8) is 0 Å². The molecule has 0 saturated carbocycles. The molecule has 1 N–H and O–H groups in total. The van der Waals surface area contributed by atoms with Crippen LogP contribution in [0.25, 0.3) is 0 Å². The van der Waals surface area contributed by atoms with Crippen LogP contribution in [0.5, 0.6) is 0 Å². The molecule has 80 valence electrons. The maximum absolute atomic E-state index is 9.69. The molecule has 0 aromatic rings. The van der Waals surface area contributed by atoms with Gasteiger partial charge in [-0.15, -0.1) is 6.58 Å². The topological polar surface area (TPSA) is 72.6 Å². The fourth-order valence-electron chi connectivity index (χ4n) is 0. The van der Waals surface area contributed by atoms with Gasteiger partial charge in [0.1, 0.15) is 6.29 Å². The summed E-state index contributed by atoms with van der Waals surface area (Å²) in [5.41, 5.74) is 0. The molecule has 0 fully saturated rings. The van der Waals surface area contributed by atoms with Crippen LogP contribution in [-0.2, 0) is 9.59 Å². The summed E-state index contributed by atoms with van der Waals surface area (Å²) < 4.78 is 0.